The minimum Gasteiger partial charge on any atom is -0.456 e. The Morgan fingerprint density at radius 3 is 2.81 bits per heavy atom. The van der Waals surface area contributed by atoms with Gasteiger partial charge in [0.25, 0.3) is 0 Å². The number of benzene rings is 2. The molecule has 0 spiro atoms. The molecule has 1 nitrogen and oxygen atoms in total. The maximum atomic E-state index is 13.5. The van der Waals surface area contributed by atoms with Gasteiger partial charge in [0.05, 0.1) is 9.50 Å². The van der Waals surface area contributed by atoms with Gasteiger partial charge in [0.1, 0.15) is 17.0 Å². The molecule has 16 heavy (non-hydrogen) atoms. The average Bonchev–Trinajstić information content (AvgIpc) is 2.58. The molecule has 0 unspecified atom stereocenters. The first-order valence-corrected chi connectivity index (χ1v) is 5.79. The van der Waals surface area contributed by atoms with Crippen LogP contribution in [0.25, 0.3) is 21.9 Å². The van der Waals surface area contributed by atoms with E-state index in [9.17, 15) is 4.39 Å². The van der Waals surface area contributed by atoms with Crippen LogP contribution in [-0.4, -0.2) is 0 Å². The molecule has 0 bridgehead atoms. The van der Waals surface area contributed by atoms with E-state index in [-0.39, 0.29) is 5.82 Å². The lowest BCUT2D eigenvalue weighted by molar-refractivity contribution is 0.619. The zero-order chi connectivity index (χ0) is 11.3. The molecule has 80 valence electrons. The van der Waals surface area contributed by atoms with E-state index in [4.69, 9.17) is 16.0 Å². The lowest BCUT2D eigenvalue weighted by Crippen LogP contribution is -1.76. The SMILES string of the molecule is Fc1cc2c(cc1Br)oc1cccc(Cl)c12. The fourth-order valence-corrected chi connectivity index (χ4v) is 2.37. The van der Waals surface area contributed by atoms with Crippen molar-refractivity contribution in [1.82, 2.24) is 0 Å². The van der Waals surface area contributed by atoms with Crippen LogP contribution in [-0.2, 0) is 0 Å². The zero-order valence-electron chi connectivity index (χ0n) is 7.93. The molecule has 0 saturated carbocycles. The Bertz CT molecular complexity index is 705. The maximum Gasteiger partial charge on any atom is 0.138 e. The van der Waals surface area contributed by atoms with Crippen LogP contribution < -0.4 is 0 Å². The Kier molecular flexibility index (Phi) is 2.19. The highest BCUT2D eigenvalue weighted by Crippen LogP contribution is 2.35. The van der Waals surface area contributed by atoms with Gasteiger partial charge in [-0.3, -0.25) is 0 Å². The summed E-state index contributed by atoms with van der Waals surface area (Å²) >= 11 is 9.20. The van der Waals surface area contributed by atoms with Crippen molar-refractivity contribution < 1.29 is 8.81 Å². The van der Waals surface area contributed by atoms with Crippen LogP contribution in [0, 0.1) is 5.82 Å². The molecule has 1 heterocycles. The van der Waals surface area contributed by atoms with Crippen LogP contribution in [0.15, 0.2) is 39.2 Å². The van der Waals surface area contributed by atoms with Crippen LogP contribution in [0.3, 0.4) is 0 Å². The molecule has 0 aliphatic heterocycles. The topological polar surface area (TPSA) is 13.1 Å². The third kappa shape index (κ3) is 1.35. The average molecular weight is 300 g/mol. The number of rotatable bonds is 0. The third-order valence-electron chi connectivity index (χ3n) is 2.49. The van der Waals surface area contributed by atoms with Gasteiger partial charge in [0, 0.05) is 10.8 Å². The molecule has 0 radical (unpaired) electrons. The lowest BCUT2D eigenvalue weighted by Gasteiger charge is -1.94. The highest BCUT2D eigenvalue weighted by Gasteiger charge is 2.12. The van der Waals surface area contributed by atoms with E-state index >= 15 is 0 Å². The highest BCUT2D eigenvalue weighted by atomic mass is 79.9. The second kappa shape index (κ2) is 3.47. The Labute approximate surface area is 104 Å². The van der Waals surface area contributed by atoms with Crippen molar-refractivity contribution in [3.63, 3.8) is 0 Å². The van der Waals surface area contributed by atoms with Crippen molar-refractivity contribution in [3.05, 3.63) is 45.6 Å². The van der Waals surface area contributed by atoms with Crippen molar-refractivity contribution in [2.45, 2.75) is 0 Å². The summed E-state index contributed by atoms with van der Waals surface area (Å²) in [5.41, 5.74) is 1.29. The number of furan rings is 1. The highest BCUT2D eigenvalue weighted by molar-refractivity contribution is 9.10. The number of hydrogen-bond donors (Lipinski definition) is 0. The van der Waals surface area contributed by atoms with E-state index in [0.717, 1.165) is 5.39 Å². The largest absolute Gasteiger partial charge is 0.456 e. The molecule has 0 aliphatic carbocycles. The predicted molar refractivity (Wildman–Crippen MR) is 66.4 cm³/mol. The van der Waals surface area contributed by atoms with E-state index in [1.807, 2.05) is 6.07 Å². The molecule has 0 amide bonds. The first-order valence-electron chi connectivity index (χ1n) is 4.62. The first kappa shape index (κ1) is 10.1. The second-order valence-electron chi connectivity index (χ2n) is 3.48. The van der Waals surface area contributed by atoms with Gasteiger partial charge in [0.15, 0.2) is 0 Å². The smallest absolute Gasteiger partial charge is 0.138 e. The Morgan fingerprint density at radius 1 is 1.19 bits per heavy atom. The van der Waals surface area contributed by atoms with Crippen molar-refractivity contribution >= 4 is 49.5 Å². The quantitative estimate of drug-likeness (QED) is 0.560. The number of fused-ring (bicyclic) bond motifs is 3. The van der Waals surface area contributed by atoms with Crippen LogP contribution in [0.2, 0.25) is 5.02 Å². The molecule has 3 aromatic rings. The van der Waals surface area contributed by atoms with E-state index < -0.39 is 0 Å². The molecule has 3 rings (SSSR count). The monoisotopic (exact) mass is 298 g/mol. The van der Waals surface area contributed by atoms with Crippen LogP contribution in [0.5, 0.6) is 0 Å². The van der Waals surface area contributed by atoms with E-state index in [1.165, 1.54) is 6.07 Å². The Morgan fingerprint density at radius 2 is 2.00 bits per heavy atom. The van der Waals surface area contributed by atoms with Gasteiger partial charge < -0.3 is 4.42 Å². The molecular weight excluding hydrogens is 294 g/mol. The molecule has 2 aromatic carbocycles. The minimum absolute atomic E-state index is 0.324. The third-order valence-corrected chi connectivity index (χ3v) is 3.41. The molecular formula is C12H5BrClFO. The van der Waals surface area contributed by atoms with Crippen LogP contribution in [0.1, 0.15) is 0 Å². The zero-order valence-corrected chi connectivity index (χ0v) is 10.3. The minimum atomic E-state index is -0.324. The van der Waals surface area contributed by atoms with Crippen molar-refractivity contribution in [2.24, 2.45) is 0 Å². The lowest BCUT2D eigenvalue weighted by atomic mass is 10.1. The van der Waals surface area contributed by atoms with E-state index in [1.54, 1.807) is 18.2 Å². The standard InChI is InChI=1S/C12H5BrClFO/c13-7-5-11-6(4-9(7)15)12-8(14)2-1-3-10(12)16-11/h1-5H. The summed E-state index contributed by atoms with van der Waals surface area (Å²) in [6, 6.07) is 8.42. The summed E-state index contributed by atoms with van der Waals surface area (Å²) < 4.78 is 19.4. The van der Waals surface area contributed by atoms with Gasteiger partial charge in [-0.2, -0.15) is 0 Å². The summed E-state index contributed by atoms with van der Waals surface area (Å²) in [5, 5.41) is 2.02. The first-order chi connectivity index (χ1) is 7.66. The van der Waals surface area contributed by atoms with Gasteiger partial charge in [-0.05, 0) is 40.2 Å². The van der Waals surface area contributed by atoms with Gasteiger partial charge in [-0.15, -0.1) is 0 Å². The maximum absolute atomic E-state index is 13.5. The fraction of sp³-hybridized carbons (Fsp3) is 0. The Balaban J connectivity index is 2.58. The summed E-state index contributed by atoms with van der Waals surface area (Å²) in [6.07, 6.45) is 0. The molecule has 1 aromatic heterocycles. The molecule has 4 heteroatoms. The second-order valence-corrected chi connectivity index (χ2v) is 4.74. The molecule has 0 aliphatic rings. The van der Waals surface area contributed by atoms with E-state index in [2.05, 4.69) is 15.9 Å². The molecule has 0 fully saturated rings. The molecule has 0 N–H and O–H groups in total. The van der Waals surface area contributed by atoms with Crippen LogP contribution in [0.4, 0.5) is 4.39 Å². The fourth-order valence-electron chi connectivity index (χ4n) is 1.78. The van der Waals surface area contributed by atoms with Gasteiger partial charge >= 0.3 is 0 Å². The van der Waals surface area contributed by atoms with Gasteiger partial charge in [-0.25, -0.2) is 4.39 Å². The molecule has 0 saturated heterocycles. The van der Waals surface area contributed by atoms with Gasteiger partial charge in [-0.1, -0.05) is 17.7 Å². The molecule has 0 atom stereocenters. The van der Waals surface area contributed by atoms with E-state index in [0.29, 0.717) is 26.0 Å². The van der Waals surface area contributed by atoms with Gasteiger partial charge in [0.2, 0.25) is 0 Å². The predicted octanol–water partition coefficient (Wildman–Crippen LogP) is 5.14. The summed E-state index contributed by atoms with van der Waals surface area (Å²) in [5.74, 6) is -0.324. The van der Waals surface area contributed by atoms with Crippen LogP contribution >= 0.6 is 27.5 Å². The van der Waals surface area contributed by atoms with Crippen molar-refractivity contribution in [2.75, 3.05) is 0 Å². The van der Waals surface area contributed by atoms with Crippen molar-refractivity contribution in [3.8, 4) is 0 Å². The summed E-state index contributed by atoms with van der Waals surface area (Å²) in [7, 11) is 0. The summed E-state index contributed by atoms with van der Waals surface area (Å²) in [4.78, 5) is 0. The Hall–Kier alpha value is -1.06. The normalized spacial score (nSPS) is 11.4. The van der Waals surface area contributed by atoms with Crippen molar-refractivity contribution in [1.29, 1.82) is 0 Å². The number of hydrogen-bond acceptors (Lipinski definition) is 1. The summed E-state index contributed by atoms with van der Waals surface area (Å²) in [6.45, 7) is 0. The number of halogens is 3.